The minimum atomic E-state index is -1.08. The zero-order chi connectivity index (χ0) is 16.1. The standard InChI is InChI=1S/C15H18N4O3/c1-10-8-11(2)19(18-10)7-3-5-17-14(20)13-9-12(15(21)22)4-6-16-13/h4,6,8-9H,3,5,7H2,1-2H3,(H,17,20)(H,21,22). The number of hydrogen-bond donors (Lipinski definition) is 2. The smallest absolute Gasteiger partial charge is 0.335 e. The van der Waals surface area contributed by atoms with Gasteiger partial charge in [0.1, 0.15) is 5.69 Å². The van der Waals surface area contributed by atoms with Crippen molar-refractivity contribution in [2.75, 3.05) is 6.54 Å². The quantitative estimate of drug-likeness (QED) is 0.786. The van der Waals surface area contributed by atoms with Gasteiger partial charge in [-0.1, -0.05) is 0 Å². The van der Waals surface area contributed by atoms with E-state index < -0.39 is 5.97 Å². The number of aryl methyl sites for hydroxylation is 3. The Kier molecular flexibility index (Phi) is 4.88. The second kappa shape index (κ2) is 6.84. The Labute approximate surface area is 128 Å². The third kappa shape index (κ3) is 3.91. The molecule has 0 fully saturated rings. The molecular weight excluding hydrogens is 284 g/mol. The van der Waals surface area contributed by atoms with Gasteiger partial charge >= 0.3 is 5.97 Å². The van der Waals surface area contributed by atoms with Gasteiger partial charge in [0, 0.05) is 25.0 Å². The number of aromatic carboxylic acids is 1. The van der Waals surface area contributed by atoms with E-state index in [-0.39, 0.29) is 17.2 Å². The SMILES string of the molecule is Cc1cc(C)n(CCCNC(=O)c2cc(C(=O)O)ccn2)n1. The summed E-state index contributed by atoms with van der Waals surface area (Å²) in [6, 6.07) is 4.61. The van der Waals surface area contributed by atoms with Crippen LogP contribution in [0.4, 0.5) is 0 Å². The molecule has 0 spiro atoms. The molecular formula is C15H18N4O3. The molecule has 0 aliphatic carbocycles. The van der Waals surface area contributed by atoms with E-state index in [1.165, 1.54) is 18.3 Å². The maximum Gasteiger partial charge on any atom is 0.335 e. The molecule has 0 saturated heterocycles. The molecule has 0 aromatic carbocycles. The Bertz CT molecular complexity index is 694. The number of nitrogens with one attached hydrogen (secondary N) is 1. The minimum absolute atomic E-state index is 0.0443. The number of hydrogen-bond acceptors (Lipinski definition) is 4. The van der Waals surface area contributed by atoms with E-state index in [9.17, 15) is 9.59 Å². The molecule has 0 atom stereocenters. The Morgan fingerprint density at radius 1 is 1.32 bits per heavy atom. The molecule has 0 aliphatic rings. The minimum Gasteiger partial charge on any atom is -0.478 e. The van der Waals surface area contributed by atoms with Crippen LogP contribution in [0.2, 0.25) is 0 Å². The number of nitrogens with zero attached hydrogens (tertiary/aromatic N) is 3. The number of carbonyl (C=O) groups is 2. The van der Waals surface area contributed by atoms with Crippen LogP contribution in [0, 0.1) is 13.8 Å². The van der Waals surface area contributed by atoms with Crippen LogP contribution in [0.1, 0.15) is 38.7 Å². The predicted octanol–water partition coefficient (Wildman–Crippen LogP) is 1.41. The average Bonchev–Trinajstić information content (AvgIpc) is 2.81. The van der Waals surface area contributed by atoms with Crippen LogP contribution in [0.5, 0.6) is 0 Å². The highest BCUT2D eigenvalue weighted by atomic mass is 16.4. The first kappa shape index (κ1) is 15.7. The van der Waals surface area contributed by atoms with E-state index in [4.69, 9.17) is 5.11 Å². The molecule has 0 saturated carbocycles. The van der Waals surface area contributed by atoms with Gasteiger partial charge in [-0.05, 0) is 38.5 Å². The largest absolute Gasteiger partial charge is 0.478 e. The van der Waals surface area contributed by atoms with Crippen LogP contribution in [-0.4, -0.2) is 38.3 Å². The maximum absolute atomic E-state index is 11.9. The summed E-state index contributed by atoms with van der Waals surface area (Å²) in [6.45, 7) is 5.10. The summed E-state index contributed by atoms with van der Waals surface area (Å²) >= 11 is 0. The van der Waals surface area contributed by atoms with Crippen LogP contribution in [-0.2, 0) is 6.54 Å². The highest BCUT2D eigenvalue weighted by molar-refractivity contribution is 5.95. The van der Waals surface area contributed by atoms with Crippen LogP contribution < -0.4 is 5.32 Å². The lowest BCUT2D eigenvalue weighted by molar-refractivity contribution is 0.0696. The lowest BCUT2D eigenvalue weighted by Crippen LogP contribution is -2.26. The van der Waals surface area contributed by atoms with Gasteiger partial charge < -0.3 is 10.4 Å². The van der Waals surface area contributed by atoms with Gasteiger partial charge in [-0.2, -0.15) is 5.10 Å². The van der Waals surface area contributed by atoms with E-state index in [1.807, 2.05) is 24.6 Å². The number of carboxylic acid groups (broad SMARTS) is 1. The first-order chi connectivity index (χ1) is 10.5. The Hall–Kier alpha value is -2.70. The van der Waals surface area contributed by atoms with Crippen LogP contribution in [0.25, 0.3) is 0 Å². The topological polar surface area (TPSA) is 97.1 Å². The fourth-order valence-corrected chi connectivity index (χ4v) is 2.11. The van der Waals surface area contributed by atoms with Crippen molar-refractivity contribution in [3.63, 3.8) is 0 Å². The van der Waals surface area contributed by atoms with Crippen molar-refractivity contribution < 1.29 is 14.7 Å². The van der Waals surface area contributed by atoms with E-state index in [1.54, 1.807) is 0 Å². The molecule has 116 valence electrons. The van der Waals surface area contributed by atoms with Crippen molar-refractivity contribution in [2.45, 2.75) is 26.8 Å². The lowest BCUT2D eigenvalue weighted by atomic mass is 10.2. The van der Waals surface area contributed by atoms with E-state index in [2.05, 4.69) is 15.4 Å². The molecule has 7 nitrogen and oxygen atoms in total. The van der Waals surface area contributed by atoms with Gasteiger partial charge in [-0.15, -0.1) is 0 Å². The fraction of sp³-hybridized carbons (Fsp3) is 0.333. The molecule has 1 amide bonds. The zero-order valence-corrected chi connectivity index (χ0v) is 12.5. The summed E-state index contributed by atoms with van der Waals surface area (Å²) in [5, 5.41) is 16.0. The van der Waals surface area contributed by atoms with Gasteiger partial charge in [-0.25, -0.2) is 4.79 Å². The molecule has 2 aromatic heterocycles. The molecule has 2 heterocycles. The Morgan fingerprint density at radius 2 is 2.09 bits per heavy atom. The number of aromatic nitrogens is 3. The summed E-state index contributed by atoms with van der Waals surface area (Å²) in [5.74, 6) is -1.46. The van der Waals surface area contributed by atoms with Crippen LogP contribution >= 0.6 is 0 Å². The average molecular weight is 302 g/mol. The van der Waals surface area contributed by atoms with Crippen molar-refractivity contribution in [3.8, 4) is 0 Å². The summed E-state index contributed by atoms with van der Waals surface area (Å²) in [5.41, 5.74) is 2.20. The number of pyridine rings is 1. The van der Waals surface area contributed by atoms with Gasteiger partial charge in [0.15, 0.2) is 0 Å². The number of amides is 1. The van der Waals surface area contributed by atoms with Crippen molar-refractivity contribution in [1.82, 2.24) is 20.1 Å². The molecule has 0 unspecified atom stereocenters. The fourth-order valence-electron chi connectivity index (χ4n) is 2.11. The number of rotatable bonds is 6. The number of carbonyl (C=O) groups excluding carboxylic acids is 1. The summed E-state index contributed by atoms with van der Waals surface area (Å²) < 4.78 is 1.89. The summed E-state index contributed by atoms with van der Waals surface area (Å²) in [4.78, 5) is 26.7. The van der Waals surface area contributed by atoms with Gasteiger partial charge in [0.25, 0.3) is 5.91 Å². The first-order valence-corrected chi connectivity index (χ1v) is 6.96. The molecule has 0 radical (unpaired) electrons. The monoisotopic (exact) mass is 302 g/mol. The van der Waals surface area contributed by atoms with Crippen molar-refractivity contribution in [1.29, 1.82) is 0 Å². The van der Waals surface area contributed by atoms with Crippen LogP contribution in [0.3, 0.4) is 0 Å². The predicted molar refractivity (Wildman–Crippen MR) is 79.8 cm³/mol. The maximum atomic E-state index is 11.9. The molecule has 2 N–H and O–H groups in total. The molecule has 0 bridgehead atoms. The van der Waals surface area contributed by atoms with E-state index in [0.717, 1.165) is 17.8 Å². The second-order valence-corrected chi connectivity index (χ2v) is 4.99. The second-order valence-electron chi connectivity index (χ2n) is 4.99. The van der Waals surface area contributed by atoms with Crippen LogP contribution in [0.15, 0.2) is 24.4 Å². The van der Waals surface area contributed by atoms with Gasteiger partial charge in [0.05, 0.1) is 11.3 Å². The highest BCUT2D eigenvalue weighted by Gasteiger charge is 2.10. The zero-order valence-electron chi connectivity index (χ0n) is 12.5. The van der Waals surface area contributed by atoms with E-state index >= 15 is 0 Å². The first-order valence-electron chi connectivity index (χ1n) is 6.96. The highest BCUT2D eigenvalue weighted by Crippen LogP contribution is 2.03. The van der Waals surface area contributed by atoms with Crippen molar-refractivity contribution in [2.24, 2.45) is 0 Å². The molecule has 2 aromatic rings. The Morgan fingerprint density at radius 3 is 2.73 bits per heavy atom. The lowest BCUT2D eigenvalue weighted by Gasteiger charge is -2.06. The normalized spacial score (nSPS) is 10.5. The molecule has 22 heavy (non-hydrogen) atoms. The Balaban J connectivity index is 1.84. The number of carboxylic acids is 1. The molecule has 0 aliphatic heterocycles. The van der Waals surface area contributed by atoms with Crippen molar-refractivity contribution >= 4 is 11.9 Å². The van der Waals surface area contributed by atoms with Gasteiger partial charge in [-0.3, -0.25) is 14.5 Å². The molecule has 2 rings (SSSR count). The van der Waals surface area contributed by atoms with Crippen molar-refractivity contribution in [3.05, 3.63) is 47.0 Å². The summed E-state index contributed by atoms with van der Waals surface area (Å²) in [6.07, 6.45) is 2.04. The van der Waals surface area contributed by atoms with Gasteiger partial charge in [0.2, 0.25) is 0 Å². The third-order valence-electron chi connectivity index (χ3n) is 3.18. The third-order valence-corrected chi connectivity index (χ3v) is 3.18. The summed E-state index contributed by atoms with van der Waals surface area (Å²) in [7, 11) is 0. The molecule has 7 heteroatoms. The van der Waals surface area contributed by atoms with E-state index in [0.29, 0.717) is 13.1 Å².